The molecule has 2 rings (SSSR count). The molecule has 0 saturated carbocycles. The van der Waals surface area contributed by atoms with Crippen molar-refractivity contribution in [2.24, 2.45) is 5.73 Å². The summed E-state index contributed by atoms with van der Waals surface area (Å²) in [5, 5.41) is 0. The van der Waals surface area contributed by atoms with E-state index in [9.17, 15) is 4.39 Å². The Hall–Kier alpha value is -2.07. The largest absolute Gasteiger partial charge is 0.497 e. The number of methoxy groups -OCH3 is 2. The lowest BCUT2D eigenvalue weighted by Crippen LogP contribution is -2.00. The predicted molar refractivity (Wildman–Crippen MR) is 72.8 cm³/mol. The molecule has 0 aliphatic carbocycles. The van der Waals surface area contributed by atoms with Gasteiger partial charge in [-0.05, 0) is 41.0 Å². The Balaban J connectivity index is 2.57. The van der Waals surface area contributed by atoms with Crippen molar-refractivity contribution >= 4 is 0 Å². The third-order valence-corrected chi connectivity index (χ3v) is 2.95. The van der Waals surface area contributed by atoms with Gasteiger partial charge >= 0.3 is 0 Å². The zero-order valence-corrected chi connectivity index (χ0v) is 10.9. The molecule has 0 unspecified atom stereocenters. The monoisotopic (exact) mass is 261 g/mol. The van der Waals surface area contributed by atoms with Gasteiger partial charge in [0.2, 0.25) is 0 Å². The van der Waals surface area contributed by atoms with Gasteiger partial charge in [-0.2, -0.15) is 0 Å². The molecular weight excluding hydrogens is 245 g/mol. The van der Waals surface area contributed by atoms with Gasteiger partial charge in [0.05, 0.1) is 14.2 Å². The quantitative estimate of drug-likeness (QED) is 0.920. The average Bonchev–Trinajstić information content (AvgIpc) is 2.46. The maximum absolute atomic E-state index is 13.2. The molecule has 19 heavy (non-hydrogen) atoms. The summed E-state index contributed by atoms with van der Waals surface area (Å²) in [6.07, 6.45) is 0. The zero-order chi connectivity index (χ0) is 13.8. The van der Waals surface area contributed by atoms with Crippen LogP contribution in [-0.2, 0) is 6.54 Å². The highest BCUT2D eigenvalue weighted by atomic mass is 19.1. The van der Waals surface area contributed by atoms with Crippen LogP contribution in [0.2, 0.25) is 0 Å². The Kier molecular flexibility index (Phi) is 4.02. The molecule has 3 nitrogen and oxygen atoms in total. The number of hydrogen-bond donors (Lipinski definition) is 1. The summed E-state index contributed by atoms with van der Waals surface area (Å²) in [5.41, 5.74) is 8.18. The van der Waals surface area contributed by atoms with Crippen LogP contribution in [0.1, 0.15) is 5.56 Å². The topological polar surface area (TPSA) is 44.5 Å². The average molecular weight is 261 g/mol. The number of rotatable bonds is 4. The molecular formula is C15H16FNO2. The Bertz CT molecular complexity index is 562. The fourth-order valence-electron chi connectivity index (χ4n) is 1.98. The summed E-state index contributed by atoms with van der Waals surface area (Å²) in [5.74, 6) is 1.07. The van der Waals surface area contributed by atoms with Crippen LogP contribution in [0.15, 0.2) is 36.4 Å². The summed E-state index contributed by atoms with van der Waals surface area (Å²) in [6, 6.07) is 10.1. The fourth-order valence-corrected chi connectivity index (χ4v) is 1.98. The van der Waals surface area contributed by atoms with Crippen LogP contribution in [-0.4, -0.2) is 14.2 Å². The van der Waals surface area contributed by atoms with Crippen LogP contribution in [0, 0.1) is 5.82 Å². The molecule has 0 radical (unpaired) electrons. The third-order valence-electron chi connectivity index (χ3n) is 2.95. The van der Waals surface area contributed by atoms with Gasteiger partial charge in [0.15, 0.2) is 0 Å². The van der Waals surface area contributed by atoms with E-state index in [1.54, 1.807) is 26.4 Å². The van der Waals surface area contributed by atoms with Crippen molar-refractivity contribution in [1.82, 2.24) is 0 Å². The molecule has 2 aromatic rings. The highest BCUT2D eigenvalue weighted by Crippen LogP contribution is 2.31. The second-order valence-electron chi connectivity index (χ2n) is 4.11. The van der Waals surface area contributed by atoms with Crippen LogP contribution < -0.4 is 15.2 Å². The predicted octanol–water partition coefficient (Wildman–Crippen LogP) is 2.97. The van der Waals surface area contributed by atoms with Crippen LogP contribution in [0.4, 0.5) is 4.39 Å². The Morgan fingerprint density at radius 3 is 2.16 bits per heavy atom. The van der Waals surface area contributed by atoms with Gasteiger partial charge in [0, 0.05) is 12.6 Å². The zero-order valence-electron chi connectivity index (χ0n) is 10.9. The second kappa shape index (κ2) is 5.71. The smallest absolute Gasteiger partial charge is 0.123 e. The molecule has 4 heteroatoms. The summed E-state index contributed by atoms with van der Waals surface area (Å²) < 4.78 is 23.7. The van der Waals surface area contributed by atoms with Gasteiger partial charge in [-0.1, -0.05) is 6.07 Å². The van der Waals surface area contributed by atoms with E-state index < -0.39 is 0 Å². The van der Waals surface area contributed by atoms with Gasteiger partial charge in [-0.15, -0.1) is 0 Å². The molecule has 0 atom stereocenters. The molecule has 0 spiro atoms. The molecule has 0 saturated heterocycles. The fraction of sp³-hybridized carbons (Fsp3) is 0.200. The lowest BCUT2D eigenvalue weighted by Gasteiger charge is -2.12. The number of nitrogens with two attached hydrogens (primary N) is 1. The molecule has 0 aliphatic heterocycles. The molecule has 0 aliphatic rings. The number of ether oxygens (including phenoxy) is 2. The highest BCUT2D eigenvalue weighted by molar-refractivity contribution is 5.70. The maximum atomic E-state index is 13.2. The van der Waals surface area contributed by atoms with E-state index in [1.807, 2.05) is 12.1 Å². The van der Waals surface area contributed by atoms with Crippen LogP contribution >= 0.6 is 0 Å². The van der Waals surface area contributed by atoms with Crippen molar-refractivity contribution in [2.45, 2.75) is 6.54 Å². The van der Waals surface area contributed by atoms with Crippen molar-refractivity contribution in [3.8, 4) is 22.6 Å². The summed E-state index contributed by atoms with van der Waals surface area (Å²) in [7, 11) is 3.18. The summed E-state index contributed by atoms with van der Waals surface area (Å²) in [6.45, 7) is 0.270. The number of benzene rings is 2. The third kappa shape index (κ3) is 2.85. The van der Waals surface area contributed by atoms with Gasteiger partial charge in [0.25, 0.3) is 0 Å². The molecule has 0 aromatic heterocycles. The van der Waals surface area contributed by atoms with Crippen molar-refractivity contribution in [3.05, 3.63) is 47.8 Å². The van der Waals surface area contributed by atoms with Crippen molar-refractivity contribution in [1.29, 1.82) is 0 Å². The van der Waals surface area contributed by atoms with E-state index >= 15 is 0 Å². The minimum Gasteiger partial charge on any atom is -0.497 e. The lowest BCUT2D eigenvalue weighted by molar-refractivity contribution is 0.394. The SMILES string of the molecule is COc1cc(OC)cc(-c2ccc(F)cc2CN)c1. The first-order valence-corrected chi connectivity index (χ1v) is 5.90. The van der Waals surface area contributed by atoms with Gasteiger partial charge < -0.3 is 15.2 Å². The van der Waals surface area contributed by atoms with Gasteiger partial charge in [-0.3, -0.25) is 0 Å². The molecule has 2 aromatic carbocycles. The molecule has 0 fully saturated rings. The van der Waals surface area contributed by atoms with Gasteiger partial charge in [0.1, 0.15) is 17.3 Å². The van der Waals surface area contributed by atoms with E-state index in [-0.39, 0.29) is 12.4 Å². The maximum Gasteiger partial charge on any atom is 0.123 e. The van der Waals surface area contributed by atoms with Crippen molar-refractivity contribution in [3.63, 3.8) is 0 Å². The van der Waals surface area contributed by atoms with Crippen LogP contribution in [0.3, 0.4) is 0 Å². The summed E-state index contributed by atoms with van der Waals surface area (Å²) >= 11 is 0. The molecule has 0 heterocycles. The molecule has 0 amide bonds. The second-order valence-corrected chi connectivity index (χ2v) is 4.11. The Morgan fingerprint density at radius 2 is 1.63 bits per heavy atom. The van der Waals surface area contributed by atoms with Crippen molar-refractivity contribution in [2.75, 3.05) is 14.2 Å². The van der Waals surface area contributed by atoms with E-state index in [1.165, 1.54) is 12.1 Å². The molecule has 100 valence electrons. The van der Waals surface area contributed by atoms with E-state index in [4.69, 9.17) is 15.2 Å². The first-order chi connectivity index (χ1) is 9.17. The van der Waals surface area contributed by atoms with Crippen LogP contribution in [0.5, 0.6) is 11.5 Å². The Morgan fingerprint density at radius 1 is 1.00 bits per heavy atom. The van der Waals surface area contributed by atoms with E-state index in [0.717, 1.165) is 16.7 Å². The highest BCUT2D eigenvalue weighted by Gasteiger charge is 2.09. The van der Waals surface area contributed by atoms with E-state index in [2.05, 4.69) is 0 Å². The summed E-state index contributed by atoms with van der Waals surface area (Å²) in [4.78, 5) is 0. The standard InChI is InChI=1S/C15H16FNO2/c1-18-13-6-10(7-14(8-13)19-2)15-4-3-12(16)5-11(15)9-17/h3-8H,9,17H2,1-2H3. The van der Waals surface area contributed by atoms with Crippen LogP contribution in [0.25, 0.3) is 11.1 Å². The molecule has 2 N–H and O–H groups in total. The normalized spacial score (nSPS) is 10.3. The van der Waals surface area contributed by atoms with E-state index in [0.29, 0.717) is 11.5 Å². The number of halogens is 1. The Labute approximate surface area is 111 Å². The van der Waals surface area contributed by atoms with Crippen molar-refractivity contribution < 1.29 is 13.9 Å². The minimum atomic E-state index is -0.293. The first kappa shape index (κ1) is 13.4. The van der Waals surface area contributed by atoms with Gasteiger partial charge in [-0.25, -0.2) is 4.39 Å². The molecule has 0 bridgehead atoms. The number of hydrogen-bond acceptors (Lipinski definition) is 3. The lowest BCUT2D eigenvalue weighted by atomic mass is 9.99. The minimum absolute atomic E-state index is 0.270. The first-order valence-electron chi connectivity index (χ1n) is 5.90.